The zero-order valence-corrected chi connectivity index (χ0v) is 16.0. The van der Waals surface area contributed by atoms with Crippen LogP contribution in [-0.4, -0.2) is 12.5 Å². The molecule has 0 aromatic heterocycles. The summed E-state index contributed by atoms with van der Waals surface area (Å²) < 4.78 is 6.51. The molecule has 3 nitrogen and oxygen atoms in total. The summed E-state index contributed by atoms with van der Waals surface area (Å²) in [5, 5.41) is 3.04. The number of nitrogens with one attached hydrogen (secondary N) is 1. The number of halogens is 1. The van der Waals surface area contributed by atoms with Gasteiger partial charge in [-0.15, -0.1) is 0 Å². The molecule has 0 saturated carbocycles. The van der Waals surface area contributed by atoms with Gasteiger partial charge >= 0.3 is 0 Å². The lowest BCUT2D eigenvalue weighted by Gasteiger charge is -2.18. The van der Waals surface area contributed by atoms with Crippen molar-refractivity contribution >= 4 is 21.8 Å². The van der Waals surface area contributed by atoms with E-state index in [1.807, 2.05) is 18.2 Å². The lowest BCUT2D eigenvalue weighted by molar-refractivity contribution is -0.123. The molecule has 4 heteroatoms. The Morgan fingerprint density at radius 3 is 2.46 bits per heavy atom. The number of hydrogen-bond donors (Lipinski definition) is 1. The van der Waals surface area contributed by atoms with Gasteiger partial charge in [0.1, 0.15) is 5.75 Å². The van der Waals surface area contributed by atoms with Crippen LogP contribution in [0, 0.1) is 6.92 Å². The van der Waals surface area contributed by atoms with Crippen LogP contribution in [0.1, 0.15) is 43.0 Å². The normalized spacial score (nSPS) is 11.8. The fourth-order valence-electron chi connectivity index (χ4n) is 2.48. The molecule has 2 rings (SSSR count). The van der Waals surface area contributed by atoms with Gasteiger partial charge in [-0.05, 0) is 59.0 Å². The molecule has 0 aliphatic heterocycles. The predicted octanol–water partition coefficient (Wildman–Crippen LogP) is 4.97. The first-order chi connectivity index (χ1) is 11.5. The Kier molecular flexibility index (Phi) is 6.85. The molecular formula is C20H24BrNO2. The molecule has 0 spiro atoms. The van der Waals surface area contributed by atoms with Gasteiger partial charge in [-0.1, -0.05) is 49.7 Å². The van der Waals surface area contributed by atoms with Crippen LogP contribution in [0.2, 0.25) is 0 Å². The molecule has 1 N–H and O–H groups in total. The second-order valence-electron chi connectivity index (χ2n) is 5.85. The second-order valence-corrected chi connectivity index (χ2v) is 6.70. The molecule has 1 unspecified atom stereocenters. The molecule has 0 aliphatic rings. The first-order valence-corrected chi connectivity index (χ1v) is 9.10. The summed E-state index contributed by atoms with van der Waals surface area (Å²) in [7, 11) is 0. The standard InChI is InChI=1S/C20H24BrNO2/c1-4-15-8-11-19(17(21)12-15)24-13-20(23)22-18(5-2)16-9-6-14(3)7-10-16/h6-12,18H,4-5,13H2,1-3H3,(H,22,23). The van der Waals surface area contributed by atoms with Crippen LogP contribution in [0.4, 0.5) is 0 Å². The highest BCUT2D eigenvalue weighted by Crippen LogP contribution is 2.26. The molecule has 0 aliphatic carbocycles. The minimum atomic E-state index is -0.117. The van der Waals surface area contributed by atoms with Crippen LogP contribution < -0.4 is 10.1 Å². The third-order valence-corrected chi connectivity index (χ3v) is 4.61. The van der Waals surface area contributed by atoms with Crippen LogP contribution in [0.5, 0.6) is 5.75 Å². The molecule has 128 valence electrons. The Labute approximate surface area is 152 Å². The van der Waals surface area contributed by atoms with E-state index in [9.17, 15) is 4.79 Å². The van der Waals surface area contributed by atoms with Crippen LogP contribution in [-0.2, 0) is 11.2 Å². The fraction of sp³-hybridized carbons (Fsp3) is 0.350. The quantitative estimate of drug-likeness (QED) is 0.725. The molecule has 24 heavy (non-hydrogen) atoms. The lowest BCUT2D eigenvalue weighted by atomic mass is 10.0. The average molecular weight is 390 g/mol. The highest BCUT2D eigenvalue weighted by molar-refractivity contribution is 9.10. The van der Waals surface area contributed by atoms with Gasteiger partial charge in [0.05, 0.1) is 10.5 Å². The van der Waals surface area contributed by atoms with Crippen molar-refractivity contribution in [1.82, 2.24) is 5.32 Å². The van der Waals surface area contributed by atoms with Crippen molar-refractivity contribution in [2.75, 3.05) is 6.61 Å². The lowest BCUT2D eigenvalue weighted by Crippen LogP contribution is -2.32. The molecule has 2 aromatic carbocycles. The summed E-state index contributed by atoms with van der Waals surface area (Å²) >= 11 is 3.49. The van der Waals surface area contributed by atoms with Crippen LogP contribution >= 0.6 is 15.9 Å². The average Bonchev–Trinajstić information content (AvgIpc) is 2.59. The third kappa shape index (κ3) is 5.10. The number of rotatable bonds is 7. The van der Waals surface area contributed by atoms with Gasteiger partial charge in [0, 0.05) is 0 Å². The van der Waals surface area contributed by atoms with Gasteiger partial charge in [0.2, 0.25) is 0 Å². The maximum Gasteiger partial charge on any atom is 0.258 e. The summed E-state index contributed by atoms with van der Waals surface area (Å²) in [5.74, 6) is 0.569. The van der Waals surface area contributed by atoms with E-state index in [0.29, 0.717) is 5.75 Å². The van der Waals surface area contributed by atoms with Gasteiger partial charge in [0.25, 0.3) is 5.91 Å². The molecule has 1 amide bonds. The Bertz CT molecular complexity index is 683. The third-order valence-electron chi connectivity index (χ3n) is 3.99. The number of carbonyl (C=O) groups excluding carboxylic acids is 1. The van der Waals surface area contributed by atoms with E-state index in [0.717, 1.165) is 22.9 Å². The van der Waals surface area contributed by atoms with Gasteiger partial charge in [-0.3, -0.25) is 4.79 Å². The number of hydrogen-bond acceptors (Lipinski definition) is 2. The van der Waals surface area contributed by atoms with Crippen molar-refractivity contribution in [3.05, 3.63) is 63.6 Å². The molecule has 0 radical (unpaired) electrons. The minimum Gasteiger partial charge on any atom is -0.483 e. The first kappa shape index (κ1) is 18.5. The fourth-order valence-corrected chi connectivity index (χ4v) is 3.02. The van der Waals surface area contributed by atoms with E-state index in [4.69, 9.17) is 4.74 Å². The summed E-state index contributed by atoms with van der Waals surface area (Å²) in [6.45, 7) is 6.22. The Morgan fingerprint density at radius 2 is 1.88 bits per heavy atom. The van der Waals surface area contributed by atoms with E-state index in [1.54, 1.807) is 0 Å². The van der Waals surface area contributed by atoms with Gasteiger partial charge < -0.3 is 10.1 Å². The van der Waals surface area contributed by atoms with Crippen molar-refractivity contribution in [3.63, 3.8) is 0 Å². The highest BCUT2D eigenvalue weighted by atomic mass is 79.9. The Morgan fingerprint density at radius 1 is 1.17 bits per heavy atom. The molecule has 0 heterocycles. The Hall–Kier alpha value is -1.81. The molecule has 0 saturated heterocycles. The van der Waals surface area contributed by atoms with Crippen molar-refractivity contribution in [2.24, 2.45) is 0 Å². The van der Waals surface area contributed by atoms with Crippen molar-refractivity contribution in [3.8, 4) is 5.75 Å². The SMILES string of the molecule is CCc1ccc(OCC(=O)NC(CC)c2ccc(C)cc2)c(Br)c1. The summed E-state index contributed by atoms with van der Waals surface area (Å²) in [6, 6.07) is 14.2. The summed E-state index contributed by atoms with van der Waals surface area (Å²) in [4.78, 5) is 12.2. The topological polar surface area (TPSA) is 38.3 Å². The number of amides is 1. The maximum absolute atomic E-state index is 12.2. The van der Waals surface area contributed by atoms with Crippen LogP contribution in [0.25, 0.3) is 0 Å². The molecular weight excluding hydrogens is 366 g/mol. The number of benzene rings is 2. The predicted molar refractivity (Wildman–Crippen MR) is 101 cm³/mol. The van der Waals surface area contributed by atoms with E-state index < -0.39 is 0 Å². The van der Waals surface area contributed by atoms with E-state index >= 15 is 0 Å². The number of ether oxygens (including phenoxy) is 1. The van der Waals surface area contributed by atoms with Gasteiger partial charge in [0.15, 0.2) is 6.61 Å². The zero-order chi connectivity index (χ0) is 17.5. The second kappa shape index (κ2) is 8.88. The smallest absolute Gasteiger partial charge is 0.258 e. The number of aryl methyl sites for hydroxylation is 2. The molecule has 0 bridgehead atoms. The van der Waals surface area contributed by atoms with E-state index in [-0.39, 0.29) is 18.6 Å². The van der Waals surface area contributed by atoms with Crippen molar-refractivity contribution < 1.29 is 9.53 Å². The minimum absolute atomic E-state index is 0.00638. The number of carbonyl (C=O) groups is 1. The maximum atomic E-state index is 12.2. The summed E-state index contributed by atoms with van der Waals surface area (Å²) in [6.07, 6.45) is 1.80. The monoisotopic (exact) mass is 389 g/mol. The molecule has 0 fully saturated rings. The highest BCUT2D eigenvalue weighted by Gasteiger charge is 2.13. The van der Waals surface area contributed by atoms with Crippen LogP contribution in [0.3, 0.4) is 0 Å². The van der Waals surface area contributed by atoms with Crippen molar-refractivity contribution in [1.29, 1.82) is 0 Å². The molecule has 1 atom stereocenters. The summed E-state index contributed by atoms with van der Waals surface area (Å²) in [5.41, 5.74) is 3.55. The van der Waals surface area contributed by atoms with Gasteiger partial charge in [-0.25, -0.2) is 0 Å². The largest absolute Gasteiger partial charge is 0.483 e. The molecule has 2 aromatic rings. The zero-order valence-electron chi connectivity index (χ0n) is 14.4. The van der Waals surface area contributed by atoms with E-state index in [2.05, 4.69) is 66.3 Å². The Balaban J connectivity index is 1.93. The first-order valence-electron chi connectivity index (χ1n) is 8.30. The van der Waals surface area contributed by atoms with Crippen molar-refractivity contribution in [2.45, 2.75) is 39.7 Å². The van der Waals surface area contributed by atoms with Gasteiger partial charge in [-0.2, -0.15) is 0 Å². The van der Waals surface area contributed by atoms with Crippen LogP contribution in [0.15, 0.2) is 46.9 Å². The van der Waals surface area contributed by atoms with E-state index in [1.165, 1.54) is 11.1 Å².